The summed E-state index contributed by atoms with van der Waals surface area (Å²) < 4.78 is 4.56. The minimum atomic E-state index is -0.238. The average Bonchev–Trinajstić information content (AvgIpc) is 1.66. The van der Waals surface area contributed by atoms with Crippen LogP contribution in [0.1, 0.15) is 14.8 Å². The van der Waals surface area contributed by atoms with E-state index in [1.165, 1.54) is 6.92 Å². The normalized spacial score (nSPS) is 7.78. The van der Waals surface area contributed by atoms with E-state index in [2.05, 4.69) is 4.74 Å². The summed E-state index contributed by atoms with van der Waals surface area (Å²) in [6.07, 6.45) is 0.750. The number of rotatable bonds is 3. The Balaban J connectivity index is -0.000000245. The van der Waals surface area contributed by atoms with Gasteiger partial charge in [0.25, 0.3) is 0 Å². The molecule has 3 nitrogen and oxygen atoms in total. The summed E-state index contributed by atoms with van der Waals surface area (Å²) in [4.78, 5) is 10.1. The molecule has 0 aromatic carbocycles. The monoisotopic (exact) mass is 157 g/mol. The number of carbonyl (C=O) groups is 1. The molecule has 0 aliphatic heterocycles. The second-order valence-electron chi connectivity index (χ2n) is 1.48. The maximum atomic E-state index is 10.1. The van der Waals surface area contributed by atoms with Crippen LogP contribution in [0.25, 0.3) is 0 Å². The van der Waals surface area contributed by atoms with Crippen molar-refractivity contribution in [1.82, 2.24) is 0 Å². The molecule has 0 saturated heterocycles. The maximum Gasteiger partial charge on any atom is 1.00 e. The maximum absolute atomic E-state index is 10.1. The Morgan fingerprint density at radius 2 is 2.33 bits per heavy atom. The molecule has 0 aromatic heterocycles. The zero-order chi connectivity index (χ0) is 6.41. The van der Waals surface area contributed by atoms with Crippen molar-refractivity contribution < 1.29 is 62.3 Å². The summed E-state index contributed by atoms with van der Waals surface area (Å²) >= 11 is 0. The molecule has 0 aromatic rings. The SMILES string of the molecule is CC(=O)OCCCN.[H-].[K+]. The molecule has 0 spiro atoms. The first-order chi connectivity index (χ1) is 3.77. The third kappa shape index (κ3) is 12.3. The summed E-state index contributed by atoms with van der Waals surface area (Å²) in [5, 5.41) is 0. The fraction of sp³-hybridized carbons (Fsp3) is 0.800. The molecule has 0 atom stereocenters. The Morgan fingerprint density at radius 3 is 2.67 bits per heavy atom. The Bertz CT molecular complexity index is 82.0. The van der Waals surface area contributed by atoms with Crippen molar-refractivity contribution in [2.45, 2.75) is 13.3 Å². The minimum Gasteiger partial charge on any atom is -1.00 e. The first-order valence-electron chi connectivity index (χ1n) is 2.61. The molecular formula is C5H12KNO2. The summed E-state index contributed by atoms with van der Waals surface area (Å²) in [6, 6.07) is 0. The smallest absolute Gasteiger partial charge is 1.00 e. The minimum absolute atomic E-state index is 0. The largest absolute Gasteiger partial charge is 1.00 e. The molecule has 0 unspecified atom stereocenters. The van der Waals surface area contributed by atoms with E-state index in [1.807, 2.05) is 0 Å². The van der Waals surface area contributed by atoms with Gasteiger partial charge in [0.2, 0.25) is 0 Å². The number of hydrogen-bond donors (Lipinski definition) is 1. The predicted molar refractivity (Wildman–Crippen MR) is 31.4 cm³/mol. The second-order valence-corrected chi connectivity index (χ2v) is 1.48. The standard InChI is InChI=1S/C5H11NO2.K.H/c1-5(7)8-4-2-3-6;;/h2-4,6H2,1H3;;/q;+1;-1. The van der Waals surface area contributed by atoms with Crippen LogP contribution in [0.4, 0.5) is 0 Å². The Hall–Kier alpha value is 1.07. The molecule has 50 valence electrons. The molecule has 0 aliphatic rings. The van der Waals surface area contributed by atoms with E-state index in [0.717, 1.165) is 6.42 Å². The average molecular weight is 157 g/mol. The van der Waals surface area contributed by atoms with Crippen molar-refractivity contribution in [3.05, 3.63) is 0 Å². The van der Waals surface area contributed by atoms with E-state index in [0.29, 0.717) is 13.2 Å². The van der Waals surface area contributed by atoms with Crippen LogP contribution in [0, 0.1) is 0 Å². The van der Waals surface area contributed by atoms with Gasteiger partial charge in [0, 0.05) is 6.92 Å². The summed E-state index contributed by atoms with van der Waals surface area (Å²) in [7, 11) is 0. The van der Waals surface area contributed by atoms with Gasteiger partial charge in [-0.2, -0.15) is 0 Å². The quantitative estimate of drug-likeness (QED) is 0.270. The molecule has 2 N–H and O–H groups in total. The van der Waals surface area contributed by atoms with Crippen molar-refractivity contribution in [2.24, 2.45) is 5.73 Å². The van der Waals surface area contributed by atoms with E-state index in [-0.39, 0.29) is 58.8 Å². The molecule has 4 heteroatoms. The zero-order valence-electron chi connectivity index (χ0n) is 7.02. The van der Waals surface area contributed by atoms with Crippen LogP contribution in [0.3, 0.4) is 0 Å². The number of carbonyl (C=O) groups excluding carboxylic acids is 1. The van der Waals surface area contributed by atoms with Gasteiger partial charge in [-0.1, -0.05) is 0 Å². The van der Waals surface area contributed by atoms with E-state index in [9.17, 15) is 4.79 Å². The van der Waals surface area contributed by atoms with Crippen LogP contribution in [-0.2, 0) is 9.53 Å². The number of ether oxygens (including phenoxy) is 1. The third-order valence-corrected chi connectivity index (χ3v) is 0.654. The Labute approximate surface area is 99.2 Å². The van der Waals surface area contributed by atoms with Gasteiger partial charge in [-0.15, -0.1) is 0 Å². The second kappa shape index (κ2) is 9.07. The van der Waals surface area contributed by atoms with Gasteiger partial charge in [-0.3, -0.25) is 4.79 Å². The van der Waals surface area contributed by atoms with Gasteiger partial charge >= 0.3 is 57.4 Å². The molecular weight excluding hydrogens is 145 g/mol. The van der Waals surface area contributed by atoms with Gasteiger partial charge in [0.05, 0.1) is 6.61 Å². The molecule has 0 bridgehead atoms. The summed E-state index contributed by atoms with van der Waals surface area (Å²) in [6.45, 7) is 2.41. The van der Waals surface area contributed by atoms with E-state index < -0.39 is 0 Å². The van der Waals surface area contributed by atoms with Crippen LogP contribution < -0.4 is 57.1 Å². The van der Waals surface area contributed by atoms with E-state index in [1.54, 1.807) is 0 Å². The predicted octanol–water partition coefficient (Wildman–Crippen LogP) is -2.99. The molecule has 0 aliphatic carbocycles. The van der Waals surface area contributed by atoms with E-state index >= 15 is 0 Å². The molecule has 9 heavy (non-hydrogen) atoms. The third-order valence-electron chi connectivity index (χ3n) is 0.654. The van der Waals surface area contributed by atoms with Gasteiger partial charge in [0.1, 0.15) is 0 Å². The number of esters is 1. The van der Waals surface area contributed by atoms with Crippen molar-refractivity contribution in [1.29, 1.82) is 0 Å². The van der Waals surface area contributed by atoms with Gasteiger partial charge in [-0.25, -0.2) is 0 Å². The Kier molecular flexibility index (Phi) is 12.8. The van der Waals surface area contributed by atoms with Crippen LogP contribution >= 0.6 is 0 Å². The van der Waals surface area contributed by atoms with E-state index in [4.69, 9.17) is 5.73 Å². The topological polar surface area (TPSA) is 52.3 Å². The summed E-state index contributed by atoms with van der Waals surface area (Å²) in [5.74, 6) is -0.238. The molecule has 0 saturated carbocycles. The van der Waals surface area contributed by atoms with Crippen LogP contribution in [0.5, 0.6) is 0 Å². The molecule has 0 fully saturated rings. The number of nitrogens with two attached hydrogens (primary N) is 1. The van der Waals surface area contributed by atoms with Gasteiger partial charge in [0.15, 0.2) is 0 Å². The molecule has 0 heterocycles. The van der Waals surface area contributed by atoms with Crippen molar-refractivity contribution in [2.75, 3.05) is 13.2 Å². The van der Waals surface area contributed by atoms with Crippen molar-refractivity contribution in [3.8, 4) is 0 Å². The van der Waals surface area contributed by atoms with Gasteiger partial charge < -0.3 is 11.9 Å². The zero-order valence-corrected chi connectivity index (χ0v) is 9.14. The van der Waals surface area contributed by atoms with Crippen molar-refractivity contribution in [3.63, 3.8) is 0 Å². The van der Waals surface area contributed by atoms with Crippen molar-refractivity contribution >= 4 is 5.97 Å². The fourth-order valence-corrected chi connectivity index (χ4v) is 0.299. The number of hydrogen-bond acceptors (Lipinski definition) is 3. The van der Waals surface area contributed by atoms with Crippen LogP contribution in [0.15, 0.2) is 0 Å². The molecule has 0 amide bonds. The first kappa shape index (κ1) is 12.7. The molecule has 0 radical (unpaired) electrons. The fourth-order valence-electron chi connectivity index (χ4n) is 0.299. The Morgan fingerprint density at radius 1 is 1.78 bits per heavy atom. The molecule has 0 rings (SSSR count). The van der Waals surface area contributed by atoms with Crippen LogP contribution in [0.2, 0.25) is 0 Å². The van der Waals surface area contributed by atoms with Crippen LogP contribution in [-0.4, -0.2) is 19.1 Å². The van der Waals surface area contributed by atoms with Gasteiger partial charge in [-0.05, 0) is 13.0 Å². The first-order valence-corrected chi connectivity index (χ1v) is 2.61. The summed E-state index contributed by atoms with van der Waals surface area (Å²) in [5.41, 5.74) is 5.12.